The van der Waals surface area contributed by atoms with Crippen molar-refractivity contribution in [1.29, 1.82) is 0 Å². The van der Waals surface area contributed by atoms with E-state index in [1.807, 2.05) is 13.8 Å². The van der Waals surface area contributed by atoms with E-state index in [0.717, 1.165) is 0 Å². The number of ether oxygens (including phenoxy) is 2. The summed E-state index contributed by atoms with van der Waals surface area (Å²) >= 11 is 0. The molecule has 1 saturated heterocycles. The molecule has 7 heteroatoms. The second-order valence-corrected chi connectivity index (χ2v) is 5.53. The van der Waals surface area contributed by atoms with Gasteiger partial charge in [0, 0.05) is 6.42 Å². The van der Waals surface area contributed by atoms with Crippen LogP contribution in [0.25, 0.3) is 0 Å². The molecule has 1 aliphatic rings. The standard InChI is InChI=1S/C13H20N2O5/c1-8(2)13(3,12(16)17)6-10-14-11(15-20-10)9-7-18-4-5-19-9/h8-9H,4-7H2,1-3H3,(H,16,17). The van der Waals surface area contributed by atoms with Crippen LogP contribution < -0.4 is 0 Å². The number of hydrogen-bond acceptors (Lipinski definition) is 6. The molecule has 0 aromatic carbocycles. The first kappa shape index (κ1) is 14.9. The molecule has 1 aromatic rings. The lowest BCUT2D eigenvalue weighted by Crippen LogP contribution is -2.35. The van der Waals surface area contributed by atoms with Crippen LogP contribution in [0.15, 0.2) is 4.52 Å². The zero-order valence-corrected chi connectivity index (χ0v) is 12.0. The number of nitrogens with zero attached hydrogens (tertiary/aromatic N) is 2. The Hall–Kier alpha value is -1.47. The molecule has 2 rings (SSSR count). The molecule has 7 nitrogen and oxygen atoms in total. The summed E-state index contributed by atoms with van der Waals surface area (Å²) in [5.74, 6) is -0.196. The Balaban J connectivity index is 2.10. The number of aromatic nitrogens is 2. The molecule has 2 unspecified atom stereocenters. The Morgan fingerprint density at radius 2 is 2.25 bits per heavy atom. The first-order valence-corrected chi connectivity index (χ1v) is 6.68. The van der Waals surface area contributed by atoms with Crippen LogP contribution in [-0.2, 0) is 20.7 Å². The molecule has 1 aliphatic heterocycles. The number of carboxylic acid groups (broad SMARTS) is 1. The van der Waals surface area contributed by atoms with E-state index in [9.17, 15) is 9.90 Å². The molecule has 0 bridgehead atoms. The first-order valence-electron chi connectivity index (χ1n) is 6.68. The van der Waals surface area contributed by atoms with E-state index in [-0.39, 0.29) is 18.4 Å². The van der Waals surface area contributed by atoms with Gasteiger partial charge in [-0.3, -0.25) is 4.79 Å². The van der Waals surface area contributed by atoms with Gasteiger partial charge in [-0.2, -0.15) is 4.98 Å². The summed E-state index contributed by atoms with van der Waals surface area (Å²) in [6.45, 7) is 6.86. The minimum atomic E-state index is -0.937. The fourth-order valence-electron chi connectivity index (χ4n) is 1.95. The second kappa shape index (κ2) is 5.88. The van der Waals surface area contributed by atoms with Gasteiger partial charge in [-0.1, -0.05) is 19.0 Å². The minimum absolute atomic E-state index is 0.0513. The summed E-state index contributed by atoms with van der Waals surface area (Å²) in [5, 5.41) is 13.2. The molecule has 0 spiro atoms. The van der Waals surface area contributed by atoms with Gasteiger partial charge in [0.15, 0.2) is 0 Å². The summed E-state index contributed by atoms with van der Waals surface area (Å²) in [5.41, 5.74) is -0.937. The molecule has 0 aliphatic carbocycles. The van der Waals surface area contributed by atoms with Crippen molar-refractivity contribution in [2.45, 2.75) is 33.3 Å². The van der Waals surface area contributed by atoms with Crippen molar-refractivity contribution in [2.24, 2.45) is 11.3 Å². The van der Waals surface area contributed by atoms with Gasteiger partial charge in [0.1, 0.15) is 6.10 Å². The first-order chi connectivity index (χ1) is 9.43. The van der Waals surface area contributed by atoms with Gasteiger partial charge in [-0.15, -0.1) is 0 Å². The van der Waals surface area contributed by atoms with Crippen LogP contribution in [0.4, 0.5) is 0 Å². The normalized spacial score (nSPS) is 22.7. The van der Waals surface area contributed by atoms with Crippen LogP contribution in [0.3, 0.4) is 0 Å². The maximum Gasteiger partial charge on any atom is 0.310 e. The van der Waals surface area contributed by atoms with E-state index in [4.69, 9.17) is 14.0 Å². The Morgan fingerprint density at radius 3 is 2.80 bits per heavy atom. The smallest absolute Gasteiger partial charge is 0.310 e. The highest BCUT2D eigenvalue weighted by Crippen LogP contribution is 2.31. The van der Waals surface area contributed by atoms with Gasteiger partial charge in [0.2, 0.25) is 11.7 Å². The summed E-state index contributed by atoms with van der Waals surface area (Å²) in [6, 6.07) is 0. The minimum Gasteiger partial charge on any atom is -0.481 e. The van der Waals surface area contributed by atoms with Gasteiger partial charge in [-0.25, -0.2) is 0 Å². The largest absolute Gasteiger partial charge is 0.481 e. The van der Waals surface area contributed by atoms with Crippen LogP contribution >= 0.6 is 0 Å². The third-order valence-corrected chi connectivity index (χ3v) is 3.87. The molecule has 112 valence electrons. The van der Waals surface area contributed by atoms with Gasteiger partial charge in [0.25, 0.3) is 0 Å². The average molecular weight is 284 g/mol. The van der Waals surface area contributed by atoms with Crippen molar-refractivity contribution in [3.8, 4) is 0 Å². The summed E-state index contributed by atoms with van der Waals surface area (Å²) in [6.07, 6.45) is -0.142. The van der Waals surface area contributed by atoms with Crippen LogP contribution in [0.5, 0.6) is 0 Å². The molecule has 2 heterocycles. The van der Waals surface area contributed by atoms with Crippen LogP contribution in [0.2, 0.25) is 0 Å². The van der Waals surface area contributed by atoms with Gasteiger partial charge >= 0.3 is 5.97 Å². The van der Waals surface area contributed by atoms with Crippen molar-refractivity contribution in [2.75, 3.05) is 19.8 Å². The van der Waals surface area contributed by atoms with E-state index in [1.54, 1.807) is 6.92 Å². The predicted molar refractivity (Wildman–Crippen MR) is 68.1 cm³/mol. The monoisotopic (exact) mass is 284 g/mol. The lowest BCUT2D eigenvalue weighted by molar-refractivity contribution is -0.150. The topological polar surface area (TPSA) is 94.7 Å². The Bertz CT molecular complexity index is 467. The Labute approximate surface area is 117 Å². The summed E-state index contributed by atoms with van der Waals surface area (Å²) in [4.78, 5) is 15.7. The number of rotatable bonds is 5. The number of carbonyl (C=O) groups is 1. The zero-order valence-electron chi connectivity index (χ0n) is 12.0. The highest BCUT2D eigenvalue weighted by atomic mass is 16.6. The van der Waals surface area contributed by atoms with Crippen LogP contribution in [-0.4, -0.2) is 41.0 Å². The lowest BCUT2D eigenvalue weighted by atomic mass is 9.76. The lowest BCUT2D eigenvalue weighted by Gasteiger charge is -2.27. The van der Waals surface area contributed by atoms with Crippen molar-refractivity contribution >= 4 is 5.97 Å². The van der Waals surface area contributed by atoms with Gasteiger partial charge in [-0.05, 0) is 12.8 Å². The SMILES string of the molecule is CC(C)C(C)(Cc1nc(C2COCCO2)no1)C(=O)O. The van der Waals surface area contributed by atoms with Crippen molar-refractivity contribution in [3.63, 3.8) is 0 Å². The van der Waals surface area contributed by atoms with E-state index in [1.165, 1.54) is 0 Å². The summed E-state index contributed by atoms with van der Waals surface area (Å²) < 4.78 is 15.9. The zero-order chi connectivity index (χ0) is 14.8. The van der Waals surface area contributed by atoms with Crippen molar-refractivity contribution < 1.29 is 23.9 Å². The summed E-state index contributed by atoms with van der Waals surface area (Å²) in [7, 11) is 0. The quantitative estimate of drug-likeness (QED) is 0.874. The maximum atomic E-state index is 11.4. The molecule has 1 fully saturated rings. The Morgan fingerprint density at radius 1 is 1.50 bits per heavy atom. The highest BCUT2D eigenvalue weighted by Gasteiger charge is 2.39. The van der Waals surface area contributed by atoms with E-state index < -0.39 is 11.4 Å². The van der Waals surface area contributed by atoms with Crippen molar-refractivity contribution in [3.05, 3.63) is 11.7 Å². The number of hydrogen-bond donors (Lipinski definition) is 1. The Kier molecular flexibility index (Phi) is 4.39. The molecule has 2 atom stereocenters. The molecule has 0 amide bonds. The third kappa shape index (κ3) is 2.99. The average Bonchev–Trinajstić information content (AvgIpc) is 2.87. The molecule has 0 saturated carbocycles. The number of carboxylic acids is 1. The van der Waals surface area contributed by atoms with Crippen LogP contribution in [0.1, 0.15) is 38.6 Å². The molecule has 20 heavy (non-hydrogen) atoms. The van der Waals surface area contributed by atoms with Crippen molar-refractivity contribution in [1.82, 2.24) is 10.1 Å². The molecule has 1 aromatic heterocycles. The fraction of sp³-hybridized carbons (Fsp3) is 0.769. The highest BCUT2D eigenvalue weighted by molar-refractivity contribution is 5.74. The fourth-order valence-corrected chi connectivity index (χ4v) is 1.95. The number of aliphatic carboxylic acids is 1. The van der Waals surface area contributed by atoms with Gasteiger partial charge < -0.3 is 19.1 Å². The molecular weight excluding hydrogens is 264 g/mol. The molecule has 0 radical (unpaired) electrons. The van der Waals surface area contributed by atoms with E-state index >= 15 is 0 Å². The van der Waals surface area contributed by atoms with Crippen LogP contribution in [0, 0.1) is 11.3 Å². The van der Waals surface area contributed by atoms with Gasteiger partial charge in [0.05, 0.1) is 25.2 Å². The maximum absolute atomic E-state index is 11.4. The second-order valence-electron chi connectivity index (χ2n) is 5.53. The molecule has 1 N–H and O–H groups in total. The molecular formula is C13H20N2O5. The van der Waals surface area contributed by atoms with E-state index in [0.29, 0.717) is 31.5 Å². The van der Waals surface area contributed by atoms with E-state index in [2.05, 4.69) is 10.1 Å². The third-order valence-electron chi connectivity index (χ3n) is 3.87. The predicted octanol–water partition coefficient (Wildman–Crippen LogP) is 1.45.